The molecule has 0 spiro atoms. The van der Waals surface area contributed by atoms with Crippen molar-refractivity contribution in [1.29, 1.82) is 0 Å². The predicted octanol–water partition coefficient (Wildman–Crippen LogP) is 6.94. The summed E-state index contributed by atoms with van der Waals surface area (Å²) in [5.41, 5.74) is 4.21. The van der Waals surface area contributed by atoms with E-state index in [1.54, 1.807) is 11.3 Å². The molecule has 49 heavy (non-hydrogen) atoms. The first kappa shape index (κ1) is 40.1. The number of carbonyl (C=O) groups excluding carboxylic acids is 3. The van der Waals surface area contributed by atoms with Crippen LogP contribution in [0, 0.1) is 12.3 Å². The number of aliphatic hydroxyl groups is 1. The zero-order valence-electron chi connectivity index (χ0n) is 30.1. The maximum Gasteiger partial charge on any atom is 0.303 e. The zero-order valence-corrected chi connectivity index (χ0v) is 30.9. The molecule has 1 aliphatic rings. The number of aliphatic hydroxyl groups excluding tert-OH is 1. The largest absolute Gasteiger partial charge is 0.481 e. The minimum absolute atomic E-state index is 0.0430. The summed E-state index contributed by atoms with van der Waals surface area (Å²) in [6.45, 7) is 9.61. The lowest BCUT2D eigenvalue weighted by Crippen LogP contribution is -2.57. The molecule has 0 saturated carbocycles. The fraction of sp³-hybridized carbons (Fsp3) is 0.658. The van der Waals surface area contributed by atoms with E-state index in [-0.39, 0.29) is 43.1 Å². The van der Waals surface area contributed by atoms with Crippen LogP contribution < -0.4 is 10.6 Å². The molecule has 11 heteroatoms. The first-order valence-corrected chi connectivity index (χ1v) is 19.0. The molecular formula is C38H58N4O6S. The second kappa shape index (κ2) is 19.8. The maximum absolute atomic E-state index is 13.9. The summed E-state index contributed by atoms with van der Waals surface area (Å²) in [6, 6.07) is 6.03. The van der Waals surface area contributed by atoms with E-state index < -0.39 is 29.6 Å². The van der Waals surface area contributed by atoms with Gasteiger partial charge in [0.25, 0.3) is 0 Å². The van der Waals surface area contributed by atoms with Gasteiger partial charge in [0.05, 0.1) is 28.2 Å². The van der Waals surface area contributed by atoms with Crippen molar-refractivity contribution in [2.45, 2.75) is 149 Å². The summed E-state index contributed by atoms with van der Waals surface area (Å²) in [5.74, 6) is -1.57. The molecule has 3 amide bonds. The van der Waals surface area contributed by atoms with E-state index >= 15 is 0 Å². The number of nitrogens with one attached hydrogen (secondary N) is 2. The molecule has 1 unspecified atom stereocenters. The molecule has 3 rings (SSSR count). The number of carboxylic acids is 1. The molecule has 1 aromatic carbocycles. The summed E-state index contributed by atoms with van der Waals surface area (Å²) in [6.07, 6.45) is 11.3. The number of benzene rings is 1. The summed E-state index contributed by atoms with van der Waals surface area (Å²) < 4.78 is 0. The SMILES string of the molecule is Cc1ncsc1-c1ccc([C@H](C)NC(=O)[C@@H]2C[C@@H](O)CN2C(=O)C(NC(=O)CCCCCCCCCCCCCC(=O)O)C(C)(C)C)cc1. The van der Waals surface area contributed by atoms with Gasteiger partial charge in [-0.2, -0.15) is 0 Å². The number of aromatic nitrogens is 1. The van der Waals surface area contributed by atoms with E-state index in [9.17, 15) is 24.3 Å². The molecule has 1 aromatic heterocycles. The van der Waals surface area contributed by atoms with Gasteiger partial charge in [0, 0.05) is 25.8 Å². The number of aliphatic carboxylic acids is 1. The highest BCUT2D eigenvalue weighted by atomic mass is 32.1. The lowest BCUT2D eigenvalue weighted by Gasteiger charge is -2.35. The lowest BCUT2D eigenvalue weighted by molar-refractivity contribution is -0.144. The second-order valence-electron chi connectivity index (χ2n) is 14.7. The van der Waals surface area contributed by atoms with Gasteiger partial charge >= 0.3 is 5.97 Å². The predicted molar refractivity (Wildman–Crippen MR) is 194 cm³/mol. The van der Waals surface area contributed by atoms with Gasteiger partial charge in [0.1, 0.15) is 12.1 Å². The third-order valence-corrected chi connectivity index (χ3v) is 10.3. The van der Waals surface area contributed by atoms with Crippen LogP contribution in [0.2, 0.25) is 0 Å². The van der Waals surface area contributed by atoms with Crippen molar-refractivity contribution < 1.29 is 29.4 Å². The van der Waals surface area contributed by atoms with Gasteiger partial charge in [-0.05, 0) is 43.2 Å². The first-order valence-electron chi connectivity index (χ1n) is 18.1. The number of likely N-dealkylation sites (tertiary alicyclic amines) is 1. The highest BCUT2D eigenvalue weighted by Gasteiger charge is 2.44. The number of unbranched alkanes of at least 4 members (excludes halogenated alkanes) is 10. The van der Waals surface area contributed by atoms with Crippen LogP contribution >= 0.6 is 11.3 Å². The van der Waals surface area contributed by atoms with Crippen molar-refractivity contribution in [3.63, 3.8) is 0 Å². The Morgan fingerprint density at radius 3 is 1.96 bits per heavy atom. The Hall–Kier alpha value is -3.31. The normalized spacial score (nSPS) is 17.5. The fourth-order valence-corrected chi connectivity index (χ4v) is 7.21. The molecular weight excluding hydrogens is 641 g/mol. The van der Waals surface area contributed by atoms with Crippen LogP contribution in [-0.2, 0) is 19.2 Å². The van der Waals surface area contributed by atoms with E-state index in [1.807, 2.05) is 64.4 Å². The van der Waals surface area contributed by atoms with Crippen molar-refractivity contribution in [2.75, 3.05) is 6.54 Å². The van der Waals surface area contributed by atoms with E-state index in [1.165, 1.54) is 17.7 Å². The van der Waals surface area contributed by atoms with Gasteiger partial charge in [-0.25, -0.2) is 4.98 Å². The Balaban J connectivity index is 1.44. The van der Waals surface area contributed by atoms with Crippen molar-refractivity contribution in [3.05, 3.63) is 41.0 Å². The number of aryl methyl sites for hydroxylation is 1. The van der Waals surface area contributed by atoms with Crippen molar-refractivity contribution in [1.82, 2.24) is 20.5 Å². The number of β-amino-alcohol motifs (C(OH)–C–C–N with tert-alkyl or cyclic N) is 1. The van der Waals surface area contributed by atoms with Crippen LogP contribution in [-0.4, -0.2) is 68.5 Å². The van der Waals surface area contributed by atoms with Crippen LogP contribution in [0.15, 0.2) is 29.8 Å². The molecule has 1 saturated heterocycles. The van der Waals surface area contributed by atoms with Gasteiger partial charge in [0.2, 0.25) is 17.7 Å². The van der Waals surface area contributed by atoms with Crippen molar-refractivity contribution in [3.8, 4) is 10.4 Å². The fourth-order valence-electron chi connectivity index (χ4n) is 6.40. The number of carboxylic acid groups (broad SMARTS) is 1. The number of hydrogen-bond donors (Lipinski definition) is 4. The quantitative estimate of drug-likeness (QED) is 0.109. The molecule has 1 aliphatic heterocycles. The number of rotatable bonds is 20. The highest BCUT2D eigenvalue weighted by molar-refractivity contribution is 7.13. The molecule has 4 N–H and O–H groups in total. The number of nitrogens with zero attached hydrogens (tertiary/aromatic N) is 2. The Bertz CT molecular complexity index is 1350. The van der Waals surface area contributed by atoms with Crippen LogP contribution in [0.5, 0.6) is 0 Å². The molecule has 4 atom stereocenters. The Kier molecular flexibility index (Phi) is 16.2. The summed E-state index contributed by atoms with van der Waals surface area (Å²) in [7, 11) is 0. The van der Waals surface area contributed by atoms with Gasteiger partial charge in [-0.3, -0.25) is 19.2 Å². The van der Waals surface area contributed by atoms with E-state index in [0.717, 1.165) is 79.5 Å². The number of thiazole rings is 1. The van der Waals surface area contributed by atoms with Gasteiger partial charge < -0.3 is 25.7 Å². The Morgan fingerprint density at radius 1 is 0.898 bits per heavy atom. The smallest absolute Gasteiger partial charge is 0.303 e. The average Bonchev–Trinajstić information content (AvgIpc) is 3.66. The Morgan fingerprint density at radius 2 is 1.45 bits per heavy atom. The summed E-state index contributed by atoms with van der Waals surface area (Å²) >= 11 is 1.59. The summed E-state index contributed by atoms with van der Waals surface area (Å²) in [4.78, 5) is 57.9. The minimum Gasteiger partial charge on any atom is -0.481 e. The zero-order chi connectivity index (χ0) is 36.0. The van der Waals surface area contributed by atoms with E-state index in [4.69, 9.17) is 5.11 Å². The van der Waals surface area contributed by atoms with Crippen LogP contribution in [0.4, 0.5) is 0 Å². The number of carbonyl (C=O) groups is 4. The molecule has 0 aliphatic carbocycles. The Labute approximate surface area is 296 Å². The molecule has 272 valence electrons. The topological polar surface area (TPSA) is 149 Å². The molecule has 10 nitrogen and oxygen atoms in total. The maximum atomic E-state index is 13.9. The number of amides is 3. The van der Waals surface area contributed by atoms with Gasteiger partial charge in [-0.15, -0.1) is 11.3 Å². The first-order chi connectivity index (χ1) is 23.3. The van der Waals surface area contributed by atoms with Crippen LogP contribution in [0.1, 0.15) is 135 Å². The van der Waals surface area contributed by atoms with E-state index in [0.29, 0.717) is 6.42 Å². The summed E-state index contributed by atoms with van der Waals surface area (Å²) in [5, 5.41) is 25.2. The highest BCUT2D eigenvalue weighted by Crippen LogP contribution is 2.29. The monoisotopic (exact) mass is 698 g/mol. The average molecular weight is 699 g/mol. The second-order valence-corrected chi connectivity index (χ2v) is 15.5. The van der Waals surface area contributed by atoms with Crippen LogP contribution in [0.25, 0.3) is 10.4 Å². The van der Waals surface area contributed by atoms with E-state index in [2.05, 4.69) is 15.6 Å². The molecule has 2 aromatic rings. The van der Waals surface area contributed by atoms with Crippen molar-refractivity contribution in [2.24, 2.45) is 5.41 Å². The van der Waals surface area contributed by atoms with Crippen LogP contribution in [0.3, 0.4) is 0 Å². The third kappa shape index (κ3) is 13.2. The van der Waals surface area contributed by atoms with Gasteiger partial charge in [-0.1, -0.05) is 103 Å². The molecule has 0 radical (unpaired) electrons. The van der Waals surface area contributed by atoms with Crippen molar-refractivity contribution >= 4 is 35.0 Å². The molecule has 0 bridgehead atoms. The third-order valence-electron chi connectivity index (χ3n) is 9.35. The standard InChI is InChI=1S/C38H58N4O6S/c1-26(28-19-21-29(22-20-28)34-27(2)39-25-49-34)40-36(47)31-23-30(43)24-42(31)37(48)35(38(3,4)5)41-32(44)17-15-13-11-9-7-6-8-10-12-14-16-18-33(45)46/h19-22,25-26,30-31,35,43H,6-18,23-24H2,1-5H3,(H,40,47)(H,41,44)(H,45,46)/t26-,30+,31-,35?/m0/s1. The minimum atomic E-state index is -0.831. The van der Waals surface area contributed by atoms with Gasteiger partial charge in [0.15, 0.2) is 0 Å². The lowest BCUT2D eigenvalue weighted by atomic mass is 9.85. The number of hydrogen-bond acceptors (Lipinski definition) is 7. The molecule has 1 fully saturated rings. The molecule has 2 heterocycles.